The molecule has 0 atom stereocenters. The summed E-state index contributed by atoms with van der Waals surface area (Å²) in [5, 5.41) is 5.97. The van der Waals surface area contributed by atoms with Crippen LogP contribution in [-0.2, 0) is 19.2 Å². The molecule has 0 heterocycles. The summed E-state index contributed by atoms with van der Waals surface area (Å²) in [6.07, 6.45) is 4.54. The van der Waals surface area contributed by atoms with Crippen LogP contribution < -0.4 is 17.9 Å². The Morgan fingerprint density at radius 1 is 0.595 bits per heavy atom. The fourth-order valence-electron chi connectivity index (χ4n) is 4.71. The molecule has 0 radical (unpaired) electrons. The zero-order valence-corrected chi connectivity index (χ0v) is 29.4. The van der Waals surface area contributed by atoms with E-state index in [1.54, 1.807) is 13.8 Å². The quantitative estimate of drug-likeness (QED) is 0.136. The van der Waals surface area contributed by atoms with Crippen molar-refractivity contribution in [2.75, 3.05) is 13.1 Å². The van der Waals surface area contributed by atoms with Crippen molar-refractivity contribution in [3.05, 3.63) is 83.0 Å². The van der Waals surface area contributed by atoms with Crippen molar-refractivity contribution in [3.63, 3.8) is 0 Å². The molecule has 3 rings (SSSR count). The zero-order valence-electron chi connectivity index (χ0n) is 24.7. The van der Waals surface area contributed by atoms with E-state index in [2.05, 4.69) is 59.2 Å². The Morgan fingerprint density at radius 3 is 1.36 bits per heavy atom. The van der Waals surface area contributed by atoms with E-state index in [9.17, 15) is 19.2 Å². The standard InChI is InChI=1S/C34H42N2O4Te2/c1-25-29(17-9-19-31(37)35-21-11-23-41-27-13-5-3-6-14-27)34(40)26(2)30(33(25)39)18-10-20-32(38)36-22-12-24-42-28-15-7-4-8-16-28/h3-8,13-16H,9-12,17-24H2,1-2H3,(H,35,37)(H,36,38). The summed E-state index contributed by atoms with van der Waals surface area (Å²) in [5.41, 5.74) is 2.02. The summed E-state index contributed by atoms with van der Waals surface area (Å²) in [4.78, 5) is 50.7. The Labute approximate surface area is 270 Å². The van der Waals surface area contributed by atoms with Gasteiger partial charge in [-0.05, 0) is 0 Å². The number of benzene rings is 2. The molecule has 0 fully saturated rings. The van der Waals surface area contributed by atoms with Gasteiger partial charge in [-0.1, -0.05) is 0 Å². The predicted octanol–water partition coefficient (Wildman–Crippen LogP) is 4.02. The normalized spacial score (nSPS) is 13.5. The number of amides is 2. The molecule has 0 unspecified atom stereocenters. The number of Topliss-reactive ketones (excluding diaryl/α,β-unsaturated/α-hetero) is 2. The van der Waals surface area contributed by atoms with Crippen LogP contribution in [0.4, 0.5) is 0 Å². The third kappa shape index (κ3) is 11.8. The molecule has 224 valence electrons. The van der Waals surface area contributed by atoms with Crippen LogP contribution in [0.1, 0.15) is 65.2 Å². The number of rotatable bonds is 18. The van der Waals surface area contributed by atoms with Gasteiger partial charge in [0.25, 0.3) is 0 Å². The van der Waals surface area contributed by atoms with E-state index >= 15 is 0 Å². The maximum atomic E-state index is 13.1. The number of carbonyl (C=O) groups is 4. The SMILES string of the molecule is CC1=C(CCCC(=O)NCCC[Te]c2ccccc2)C(=O)C(C)=C(CCCC(=O)NCCC[Te]c2ccccc2)C1=O. The van der Waals surface area contributed by atoms with Crippen LogP contribution in [0, 0.1) is 0 Å². The van der Waals surface area contributed by atoms with Crippen LogP contribution >= 0.6 is 0 Å². The molecule has 2 N–H and O–H groups in total. The molecule has 2 amide bonds. The average Bonchev–Trinajstić information content (AvgIpc) is 3.00. The molecule has 0 bridgehead atoms. The van der Waals surface area contributed by atoms with Gasteiger partial charge in [-0.3, -0.25) is 0 Å². The molecule has 6 nitrogen and oxygen atoms in total. The molecule has 1 aliphatic rings. The summed E-state index contributed by atoms with van der Waals surface area (Å²) in [6.45, 7) is 4.77. The number of hydrogen-bond acceptors (Lipinski definition) is 4. The van der Waals surface area contributed by atoms with E-state index in [0.717, 1.165) is 21.8 Å². The molecule has 42 heavy (non-hydrogen) atoms. The predicted molar refractivity (Wildman–Crippen MR) is 172 cm³/mol. The van der Waals surface area contributed by atoms with E-state index < -0.39 is 0 Å². The molecule has 2 aromatic carbocycles. The zero-order chi connectivity index (χ0) is 30.2. The second-order valence-electron chi connectivity index (χ2n) is 10.3. The van der Waals surface area contributed by atoms with E-state index in [1.165, 1.54) is 7.22 Å². The fraction of sp³-hybridized carbons (Fsp3) is 0.412. The van der Waals surface area contributed by atoms with Crippen molar-refractivity contribution in [2.24, 2.45) is 0 Å². The van der Waals surface area contributed by atoms with Crippen LogP contribution in [-0.4, -0.2) is 78.3 Å². The Hall–Kier alpha value is -2.22. The van der Waals surface area contributed by atoms with E-state index in [1.807, 2.05) is 12.1 Å². The maximum absolute atomic E-state index is 13.1. The van der Waals surface area contributed by atoms with Gasteiger partial charge in [0.05, 0.1) is 0 Å². The van der Waals surface area contributed by atoms with Crippen molar-refractivity contribution in [2.45, 2.75) is 74.2 Å². The number of carbonyl (C=O) groups excluding carboxylic acids is 4. The van der Waals surface area contributed by atoms with Crippen LogP contribution in [0.5, 0.6) is 0 Å². The third-order valence-electron chi connectivity index (χ3n) is 7.11. The van der Waals surface area contributed by atoms with Gasteiger partial charge in [0.15, 0.2) is 0 Å². The van der Waals surface area contributed by atoms with Gasteiger partial charge < -0.3 is 0 Å². The van der Waals surface area contributed by atoms with Crippen molar-refractivity contribution < 1.29 is 19.2 Å². The summed E-state index contributed by atoms with van der Waals surface area (Å²) in [7, 11) is 0. The topological polar surface area (TPSA) is 92.3 Å². The molecule has 0 aromatic heterocycles. The molecular weight excluding hydrogens is 756 g/mol. The molecule has 0 saturated carbocycles. The Morgan fingerprint density at radius 2 is 0.976 bits per heavy atom. The second kappa shape index (κ2) is 19.1. The minimum atomic E-state index is -0.203. The summed E-state index contributed by atoms with van der Waals surface area (Å²) < 4.78 is 5.16. The summed E-state index contributed by atoms with van der Waals surface area (Å²) >= 11 is -0.407. The van der Waals surface area contributed by atoms with Crippen LogP contribution in [0.3, 0.4) is 0 Å². The van der Waals surface area contributed by atoms with Gasteiger partial charge in [-0.15, -0.1) is 0 Å². The monoisotopic (exact) mass is 802 g/mol. The number of ketones is 2. The first-order chi connectivity index (χ1) is 20.4. The van der Waals surface area contributed by atoms with Gasteiger partial charge in [0, 0.05) is 0 Å². The molecule has 2 aromatic rings. The van der Waals surface area contributed by atoms with Crippen LogP contribution in [0.25, 0.3) is 0 Å². The first-order valence-electron chi connectivity index (χ1n) is 14.7. The number of nitrogens with one attached hydrogen (secondary N) is 2. The fourth-order valence-corrected chi connectivity index (χ4v) is 9.70. The minimum absolute atomic E-state index is 0.00693. The molecule has 0 spiro atoms. The van der Waals surface area contributed by atoms with E-state index in [4.69, 9.17) is 0 Å². The van der Waals surface area contributed by atoms with Gasteiger partial charge >= 0.3 is 272 Å². The molecular formula is C34H42N2O4Te2. The second-order valence-corrected chi connectivity index (χ2v) is 17.0. The van der Waals surface area contributed by atoms with Crippen molar-refractivity contribution >= 4 is 72.4 Å². The van der Waals surface area contributed by atoms with Crippen molar-refractivity contribution in [1.82, 2.24) is 10.6 Å². The molecule has 1 aliphatic carbocycles. The Bertz CT molecular complexity index is 1170. The summed E-state index contributed by atoms with van der Waals surface area (Å²) in [6, 6.07) is 21.0. The first-order valence-corrected chi connectivity index (χ1v) is 20.4. The first kappa shape index (κ1) is 34.3. The van der Waals surface area contributed by atoms with E-state index in [0.29, 0.717) is 73.9 Å². The van der Waals surface area contributed by atoms with Crippen molar-refractivity contribution in [1.29, 1.82) is 0 Å². The Balaban J connectivity index is 1.30. The van der Waals surface area contributed by atoms with Gasteiger partial charge in [0.1, 0.15) is 0 Å². The average molecular weight is 798 g/mol. The summed E-state index contributed by atoms with van der Waals surface area (Å²) in [5.74, 6) is -0.209. The molecule has 8 heteroatoms. The van der Waals surface area contributed by atoms with E-state index in [-0.39, 0.29) is 65.2 Å². The number of hydrogen-bond donors (Lipinski definition) is 2. The van der Waals surface area contributed by atoms with Crippen LogP contribution in [0.2, 0.25) is 8.94 Å². The van der Waals surface area contributed by atoms with Gasteiger partial charge in [0.2, 0.25) is 0 Å². The van der Waals surface area contributed by atoms with Crippen LogP contribution in [0.15, 0.2) is 83.0 Å². The van der Waals surface area contributed by atoms with Gasteiger partial charge in [-0.2, -0.15) is 0 Å². The third-order valence-corrected chi connectivity index (χ3v) is 13.4. The molecule has 0 aliphatic heterocycles. The molecule has 0 saturated heterocycles. The number of allylic oxidation sites excluding steroid dienone is 4. The Kier molecular flexibility index (Phi) is 15.6. The van der Waals surface area contributed by atoms with Crippen molar-refractivity contribution in [3.8, 4) is 0 Å². The van der Waals surface area contributed by atoms with Gasteiger partial charge in [-0.25, -0.2) is 0 Å².